The largest absolute Gasteiger partial charge is 0.480 e. The molecular weight excluding hydrogens is 362 g/mol. The summed E-state index contributed by atoms with van der Waals surface area (Å²) in [6.07, 6.45) is 0.0247. The second-order valence-corrected chi connectivity index (χ2v) is 8.38. The average molecular weight is 382 g/mol. The number of likely N-dealkylation sites (N-methyl/N-ethyl adjacent to an activating group) is 1. The maximum absolute atomic E-state index is 12.7. The third-order valence-corrected chi connectivity index (χ3v) is 6.38. The maximum atomic E-state index is 12.7. The Balaban J connectivity index is 2.33. The van der Waals surface area contributed by atoms with Crippen molar-refractivity contribution >= 4 is 27.6 Å². The second kappa shape index (κ2) is 7.56. The van der Waals surface area contributed by atoms with E-state index in [1.807, 2.05) is 13.8 Å². The van der Waals surface area contributed by atoms with Crippen LogP contribution in [0.1, 0.15) is 16.7 Å². The molecule has 1 atom stereocenters. The van der Waals surface area contributed by atoms with Gasteiger partial charge in [-0.25, -0.2) is 8.42 Å². The van der Waals surface area contributed by atoms with E-state index in [4.69, 9.17) is 11.6 Å². The van der Waals surface area contributed by atoms with Crippen LogP contribution in [-0.4, -0.2) is 36.9 Å². The van der Waals surface area contributed by atoms with Gasteiger partial charge in [0.1, 0.15) is 6.04 Å². The van der Waals surface area contributed by atoms with E-state index >= 15 is 0 Å². The van der Waals surface area contributed by atoms with E-state index in [1.165, 1.54) is 19.2 Å². The van der Waals surface area contributed by atoms with E-state index in [-0.39, 0.29) is 11.3 Å². The molecule has 7 heteroatoms. The predicted octanol–water partition coefficient (Wildman–Crippen LogP) is 3.27. The zero-order valence-electron chi connectivity index (χ0n) is 14.2. The first kappa shape index (κ1) is 19.4. The van der Waals surface area contributed by atoms with E-state index in [0.717, 1.165) is 15.4 Å². The molecule has 0 saturated carbocycles. The Morgan fingerprint density at radius 3 is 2.28 bits per heavy atom. The van der Waals surface area contributed by atoms with Gasteiger partial charge in [0, 0.05) is 12.1 Å². The fraction of sp³-hybridized carbons (Fsp3) is 0.278. The lowest BCUT2D eigenvalue weighted by Crippen LogP contribution is -2.43. The number of hydrogen-bond acceptors (Lipinski definition) is 3. The molecule has 2 aromatic rings. The Morgan fingerprint density at radius 1 is 1.16 bits per heavy atom. The van der Waals surface area contributed by atoms with Crippen molar-refractivity contribution in [3.8, 4) is 0 Å². The normalized spacial score (nSPS) is 13.0. The highest BCUT2D eigenvalue weighted by atomic mass is 35.5. The number of carboxylic acids is 1. The van der Waals surface area contributed by atoms with Gasteiger partial charge in [0.25, 0.3) is 0 Å². The maximum Gasteiger partial charge on any atom is 0.322 e. The molecule has 1 N–H and O–H groups in total. The van der Waals surface area contributed by atoms with Crippen molar-refractivity contribution in [2.24, 2.45) is 0 Å². The number of rotatable bonds is 6. The lowest BCUT2D eigenvalue weighted by Gasteiger charge is -2.24. The summed E-state index contributed by atoms with van der Waals surface area (Å²) in [6, 6.07) is 10.3. The third-order valence-electron chi connectivity index (χ3n) is 4.09. The summed E-state index contributed by atoms with van der Waals surface area (Å²) >= 11 is 6.08. The topological polar surface area (TPSA) is 74.7 Å². The van der Waals surface area contributed by atoms with Crippen LogP contribution in [0, 0.1) is 13.8 Å². The minimum absolute atomic E-state index is 0.0247. The number of carbonyl (C=O) groups is 1. The van der Waals surface area contributed by atoms with E-state index in [0.29, 0.717) is 10.6 Å². The molecule has 0 unspecified atom stereocenters. The molecule has 0 radical (unpaired) electrons. The van der Waals surface area contributed by atoms with Gasteiger partial charge in [0.2, 0.25) is 10.0 Å². The molecule has 0 aliphatic rings. The van der Waals surface area contributed by atoms with Crippen LogP contribution in [-0.2, 0) is 21.2 Å². The molecule has 0 bridgehead atoms. The summed E-state index contributed by atoms with van der Waals surface area (Å²) in [4.78, 5) is 11.8. The van der Waals surface area contributed by atoms with E-state index in [1.54, 1.807) is 30.3 Å². The zero-order chi connectivity index (χ0) is 18.8. The van der Waals surface area contributed by atoms with Crippen molar-refractivity contribution in [3.05, 3.63) is 64.2 Å². The van der Waals surface area contributed by atoms with Gasteiger partial charge >= 0.3 is 5.97 Å². The number of nitrogens with zero attached hydrogens (tertiary/aromatic N) is 1. The molecule has 0 amide bonds. The van der Waals surface area contributed by atoms with Crippen LogP contribution in [0.3, 0.4) is 0 Å². The SMILES string of the molecule is Cc1ccc(S(=O)(=O)N(C)[C@@H](Cc2ccc(C)c(Cl)c2)C(=O)O)cc1. The molecule has 0 heterocycles. The first-order chi connectivity index (χ1) is 11.6. The van der Waals surface area contributed by atoms with Gasteiger partial charge < -0.3 is 5.11 Å². The van der Waals surface area contributed by atoms with Crippen molar-refractivity contribution in [1.29, 1.82) is 0 Å². The molecule has 0 aliphatic carbocycles. The summed E-state index contributed by atoms with van der Waals surface area (Å²) in [5.41, 5.74) is 2.46. The fourth-order valence-electron chi connectivity index (χ4n) is 2.40. The van der Waals surface area contributed by atoms with Crippen LogP contribution in [0.5, 0.6) is 0 Å². The molecule has 2 rings (SSSR count). The minimum Gasteiger partial charge on any atom is -0.480 e. The first-order valence-electron chi connectivity index (χ1n) is 7.65. The average Bonchev–Trinajstić information content (AvgIpc) is 2.55. The summed E-state index contributed by atoms with van der Waals surface area (Å²) in [7, 11) is -2.64. The smallest absolute Gasteiger partial charge is 0.322 e. The van der Waals surface area contributed by atoms with Crippen molar-refractivity contribution < 1.29 is 18.3 Å². The van der Waals surface area contributed by atoms with Gasteiger partial charge in [-0.2, -0.15) is 4.31 Å². The highest BCUT2D eigenvalue weighted by Crippen LogP contribution is 2.22. The van der Waals surface area contributed by atoms with Crippen molar-refractivity contribution in [2.45, 2.75) is 31.2 Å². The van der Waals surface area contributed by atoms with E-state index in [9.17, 15) is 18.3 Å². The molecule has 0 spiro atoms. The number of aryl methyl sites for hydroxylation is 2. The second-order valence-electron chi connectivity index (χ2n) is 5.98. The number of hydrogen-bond donors (Lipinski definition) is 1. The minimum atomic E-state index is -3.92. The molecule has 2 aromatic carbocycles. The Morgan fingerprint density at radius 2 is 1.76 bits per heavy atom. The molecule has 0 saturated heterocycles. The number of halogens is 1. The van der Waals surface area contributed by atoms with Crippen LogP contribution in [0.4, 0.5) is 0 Å². The quantitative estimate of drug-likeness (QED) is 0.833. The number of carboxylic acid groups (broad SMARTS) is 1. The molecule has 25 heavy (non-hydrogen) atoms. The van der Waals surface area contributed by atoms with Crippen LogP contribution in [0.15, 0.2) is 47.4 Å². The lowest BCUT2D eigenvalue weighted by atomic mass is 10.0. The van der Waals surface area contributed by atoms with E-state index in [2.05, 4.69) is 0 Å². The first-order valence-corrected chi connectivity index (χ1v) is 9.47. The number of sulfonamides is 1. The van der Waals surface area contributed by atoms with Gasteiger partial charge in [0.05, 0.1) is 4.90 Å². The fourth-order valence-corrected chi connectivity index (χ4v) is 3.92. The Kier molecular flexibility index (Phi) is 5.87. The summed E-state index contributed by atoms with van der Waals surface area (Å²) < 4.78 is 26.4. The zero-order valence-corrected chi connectivity index (χ0v) is 15.8. The van der Waals surface area contributed by atoms with Crippen LogP contribution < -0.4 is 0 Å². The van der Waals surface area contributed by atoms with Crippen molar-refractivity contribution in [1.82, 2.24) is 4.31 Å². The standard InChI is InChI=1S/C18H20ClNO4S/c1-12-4-8-15(9-5-12)25(23,24)20(3)17(18(21)22)11-14-7-6-13(2)16(19)10-14/h4-10,17H,11H2,1-3H3,(H,21,22)/t17-/m0/s1. The highest BCUT2D eigenvalue weighted by molar-refractivity contribution is 7.89. The molecular formula is C18H20ClNO4S. The molecule has 0 fully saturated rings. The van der Waals surface area contributed by atoms with Gasteiger partial charge in [0.15, 0.2) is 0 Å². The van der Waals surface area contributed by atoms with Crippen molar-refractivity contribution in [3.63, 3.8) is 0 Å². The van der Waals surface area contributed by atoms with Crippen LogP contribution in [0.25, 0.3) is 0 Å². The van der Waals surface area contributed by atoms with Gasteiger partial charge in [-0.05, 0) is 49.6 Å². The predicted molar refractivity (Wildman–Crippen MR) is 97.4 cm³/mol. The van der Waals surface area contributed by atoms with Gasteiger partial charge in [-0.15, -0.1) is 0 Å². The van der Waals surface area contributed by atoms with Crippen molar-refractivity contribution in [2.75, 3.05) is 7.05 Å². The summed E-state index contributed by atoms with van der Waals surface area (Å²) in [6.45, 7) is 3.69. The molecule has 5 nitrogen and oxygen atoms in total. The lowest BCUT2D eigenvalue weighted by molar-refractivity contribution is -0.141. The van der Waals surface area contributed by atoms with Crippen LogP contribution >= 0.6 is 11.6 Å². The Bertz CT molecular complexity index is 878. The highest BCUT2D eigenvalue weighted by Gasteiger charge is 2.33. The van der Waals surface area contributed by atoms with E-state index < -0.39 is 22.0 Å². The molecule has 134 valence electrons. The number of aliphatic carboxylic acids is 1. The molecule has 0 aliphatic heterocycles. The number of benzene rings is 2. The van der Waals surface area contributed by atoms with Gasteiger partial charge in [-0.1, -0.05) is 41.4 Å². The monoisotopic (exact) mass is 381 g/mol. The van der Waals surface area contributed by atoms with Crippen LogP contribution in [0.2, 0.25) is 5.02 Å². The Labute approximate surface area is 152 Å². The Hall–Kier alpha value is -1.89. The molecule has 0 aromatic heterocycles. The summed E-state index contributed by atoms with van der Waals surface area (Å²) in [5, 5.41) is 10.1. The van der Waals surface area contributed by atoms with Gasteiger partial charge in [-0.3, -0.25) is 4.79 Å². The third kappa shape index (κ3) is 4.39. The summed E-state index contributed by atoms with van der Waals surface area (Å²) in [5.74, 6) is -1.21.